The van der Waals surface area contributed by atoms with Crippen LogP contribution in [0.25, 0.3) is 0 Å². The molecule has 2 N–H and O–H groups in total. The molecule has 1 atom stereocenters. The molecule has 0 radical (unpaired) electrons. The van der Waals surface area contributed by atoms with E-state index in [-0.39, 0.29) is 6.42 Å². The Bertz CT molecular complexity index is 406. The van der Waals surface area contributed by atoms with Crippen molar-refractivity contribution in [1.29, 1.82) is 0 Å². The summed E-state index contributed by atoms with van der Waals surface area (Å²) in [6, 6.07) is 6.74. The highest BCUT2D eigenvalue weighted by Crippen LogP contribution is 2.44. The Morgan fingerprint density at radius 1 is 1.31 bits per heavy atom. The molecule has 0 amide bonds. The van der Waals surface area contributed by atoms with Crippen molar-refractivity contribution in [3.8, 4) is 5.75 Å². The van der Waals surface area contributed by atoms with Crippen LogP contribution in [-0.4, -0.2) is 12.0 Å². The van der Waals surface area contributed by atoms with E-state index in [2.05, 4.69) is 0 Å². The van der Waals surface area contributed by atoms with E-state index in [0.29, 0.717) is 11.3 Å². The molecule has 1 aliphatic heterocycles. The first-order valence-electron chi connectivity index (χ1n) is 5.21. The van der Waals surface area contributed by atoms with E-state index >= 15 is 0 Å². The second kappa shape index (κ2) is 3.42. The summed E-state index contributed by atoms with van der Waals surface area (Å²) in [6.45, 7) is 3.54. The number of fused-ring (bicyclic) bond motifs is 1. The zero-order valence-corrected chi connectivity index (χ0v) is 9.34. The number of rotatable bonds is 1. The number of benzene rings is 1. The number of para-hydroxylation sites is 1. The normalized spacial score (nSPS) is 27.4. The highest BCUT2D eigenvalue weighted by atomic mass is 19.3. The molecule has 0 aliphatic carbocycles. The summed E-state index contributed by atoms with van der Waals surface area (Å²) >= 11 is 0. The molecule has 4 heteroatoms. The first kappa shape index (κ1) is 11.3. The van der Waals surface area contributed by atoms with Gasteiger partial charge in [0, 0.05) is 12.0 Å². The van der Waals surface area contributed by atoms with Gasteiger partial charge in [-0.05, 0) is 19.9 Å². The molecule has 2 nitrogen and oxygen atoms in total. The van der Waals surface area contributed by atoms with Gasteiger partial charge in [0.15, 0.2) is 0 Å². The van der Waals surface area contributed by atoms with Gasteiger partial charge in [-0.3, -0.25) is 0 Å². The van der Waals surface area contributed by atoms with Crippen LogP contribution in [0, 0.1) is 0 Å². The smallest absolute Gasteiger partial charge is 0.260 e. The molecule has 0 saturated carbocycles. The number of alkyl halides is 2. The largest absolute Gasteiger partial charge is 0.487 e. The maximum absolute atomic E-state index is 13.1. The Hall–Kier alpha value is -1.16. The molecule has 1 heterocycles. The van der Waals surface area contributed by atoms with Crippen LogP contribution in [0.5, 0.6) is 5.75 Å². The van der Waals surface area contributed by atoms with Crippen LogP contribution in [0.1, 0.15) is 25.8 Å². The summed E-state index contributed by atoms with van der Waals surface area (Å²) in [7, 11) is 0. The van der Waals surface area contributed by atoms with Crippen LogP contribution < -0.4 is 10.5 Å². The number of hydrogen-bond donors (Lipinski definition) is 1. The van der Waals surface area contributed by atoms with Crippen LogP contribution in [0.4, 0.5) is 8.78 Å². The first-order valence-corrected chi connectivity index (χ1v) is 5.21. The maximum Gasteiger partial charge on any atom is 0.260 e. The van der Waals surface area contributed by atoms with E-state index in [1.807, 2.05) is 0 Å². The first-order chi connectivity index (χ1) is 7.35. The van der Waals surface area contributed by atoms with Crippen molar-refractivity contribution in [2.45, 2.75) is 37.8 Å². The predicted molar refractivity (Wildman–Crippen MR) is 57.6 cm³/mol. The van der Waals surface area contributed by atoms with E-state index in [4.69, 9.17) is 10.5 Å². The molecule has 16 heavy (non-hydrogen) atoms. The van der Waals surface area contributed by atoms with E-state index in [0.717, 1.165) is 0 Å². The highest BCUT2D eigenvalue weighted by Gasteiger charge is 2.48. The molecule has 0 aromatic heterocycles. The second-order valence-corrected chi connectivity index (χ2v) is 4.88. The fourth-order valence-electron chi connectivity index (χ4n) is 2.27. The molecule has 88 valence electrons. The fourth-order valence-corrected chi connectivity index (χ4v) is 2.27. The van der Waals surface area contributed by atoms with E-state index < -0.39 is 17.6 Å². The minimum Gasteiger partial charge on any atom is -0.487 e. The quantitative estimate of drug-likeness (QED) is 0.800. The Balaban J connectivity index is 2.56. The van der Waals surface area contributed by atoms with Crippen molar-refractivity contribution in [1.82, 2.24) is 0 Å². The molecule has 0 spiro atoms. The standard InChI is InChI=1S/C12H15F2NO/c1-11(2)7-12(15,10(13)14)8-5-3-4-6-9(8)16-11/h3-6,10H,7,15H2,1-2H3. The number of hydrogen-bond acceptors (Lipinski definition) is 2. The van der Waals surface area contributed by atoms with Crippen LogP contribution in [0.3, 0.4) is 0 Å². The molecule has 1 aromatic carbocycles. The lowest BCUT2D eigenvalue weighted by Gasteiger charge is -2.43. The minimum atomic E-state index is -2.60. The van der Waals surface area contributed by atoms with E-state index in [9.17, 15) is 8.78 Å². The van der Waals surface area contributed by atoms with Gasteiger partial charge in [0.25, 0.3) is 6.43 Å². The van der Waals surface area contributed by atoms with Gasteiger partial charge < -0.3 is 10.5 Å². The monoisotopic (exact) mass is 227 g/mol. The molecule has 0 fully saturated rings. The van der Waals surface area contributed by atoms with Gasteiger partial charge in [-0.1, -0.05) is 18.2 Å². The third-order valence-corrected chi connectivity index (χ3v) is 2.88. The third kappa shape index (κ3) is 1.67. The molecular weight excluding hydrogens is 212 g/mol. The maximum atomic E-state index is 13.1. The lowest BCUT2D eigenvalue weighted by atomic mass is 9.78. The summed E-state index contributed by atoms with van der Waals surface area (Å²) in [6.07, 6.45) is -2.49. The van der Waals surface area contributed by atoms with Gasteiger partial charge in [0.2, 0.25) is 0 Å². The average molecular weight is 227 g/mol. The third-order valence-electron chi connectivity index (χ3n) is 2.88. The zero-order valence-electron chi connectivity index (χ0n) is 9.34. The Morgan fingerprint density at radius 3 is 2.56 bits per heavy atom. The Kier molecular flexibility index (Phi) is 2.42. The molecular formula is C12H15F2NO. The van der Waals surface area contributed by atoms with E-state index in [1.54, 1.807) is 38.1 Å². The van der Waals surface area contributed by atoms with Crippen molar-refractivity contribution in [2.75, 3.05) is 0 Å². The molecule has 0 saturated heterocycles. The predicted octanol–water partition coefficient (Wildman–Crippen LogP) is 2.67. The molecule has 1 aromatic rings. The fraction of sp³-hybridized carbons (Fsp3) is 0.500. The summed E-state index contributed by atoms with van der Waals surface area (Å²) in [5, 5.41) is 0. The summed E-state index contributed by atoms with van der Waals surface area (Å²) < 4.78 is 31.9. The molecule has 1 aliphatic rings. The van der Waals surface area contributed by atoms with Crippen molar-refractivity contribution in [3.05, 3.63) is 29.8 Å². The number of nitrogens with two attached hydrogens (primary N) is 1. The Morgan fingerprint density at radius 2 is 1.94 bits per heavy atom. The van der Waals surface area contributed by atoms with Gasteiger partial charge in [0.05, 0.1) is 0 Å². The average Bonchev–Trinajstić information content (AvgIpc) is 2.15. The number of ether oxygens (including phenoxy) is 1. The topological polar surface area (TPSA) is 35.2 Å². The number of halogens is 2. The molecule has 1 unspecified atom stereocenters. The Labute approximate surface area is 93.4 Å². The lowest BCUT2D eigenvalue weighted by Crippen LogP contribution is -2.53. The van der Waals surface area contributed by atoms with Gasteiger partial charge in [0.1, 0.15) is 16.9 Å². The van der Waals surface area contributed by atoms with Gasteiger partial charge >= 0.3 is 0 Å². The zero-order chi connectivity index (χ0) is 12.0. The minimum absolute atomic E-state index is 0.106. The van der Waals surface area contributed by atoms with Gasteiger partial charge in [-0.2, -0.15) is 0 Å². The van der Waals surface area contributed by atoms with Crippen LogP contribution in [0.2, 0.25) is 0 Å². The van der Waals surface area contributed by atoms with Gasteiger partial charge in [-0.25, -0.2) is 8.78 Å². The van der Waals surface area contributed by atoms with Crippen molar-refractivity contribution < 1.29 is 13.5 Å². The van der Waals surface area contributed by atoms with E-state index in [1.165, 1.54) is 0 Å². The summed E-state index contributed by atoms with van der Waals surface area (Å²) in [5.41, 5.74) is 3.97. The van der Waals surface area contributed by atoms with Crippen molar-refractivity contribution in [2.24, 2.45) is 5.73 Å². The van der Waals surface area contributed by atoms with Crippen molar-refractivity contribution in [3.63, 3.8) is 0 Å². The van der Waals surface area contributed by atoms with Gasteiger partial charge in [-0.15, -0.1) is 0 Å². The van der Waals surface area contributed by atoms with Crippen LogP contribution in [0.15, 0.2) is 24.3 Å². The summed E-state index contributed by atoms with van der Waals surface area (Å²) in [5.74, 6) is 0.460. The second-order valence-electron chi connectivity index (χ2n) is 4.88. The van der Waals surface area contributed by atoms with Crippen LogP contribution in [-0.2, 0) is 5.54 Å². The lowest BCUT2D eigenvalue weighted by molar-refractivity contribution is -0.0281. The molecule has 2 rings (SSSR count). The highest BCUT2D eigenvalue weighted by molar-refractivity contribution is 5.42. The van der Waals surface area contributed by atoms with Crippen molar-refractivity contribution >= 4 is 0 Å². The van der Waals surface area contributed by atoms with Crippen LogP contribution >= 0.6 is 0 Å². The summed E-state index contributed by atoms with van der Waals surface area (Å²) in [4.78, 5) is 0. The SMILES string of the molecule is CC1(C)CC(N)(C(F)F)c2ccccc2O1. The molecule has 0 bridgehead atoms.